The van der Waals surface area contributed by atoms with E-state index in [-0.39, 0.29) is 0 Å². The van der Waals surface area contributed by atoms with Crippen molar-refractivity contribution in [1.29, 1.82) is 0 Å². The molecule has 0 aromatic heterocycles. The van der Waals surface area contributed by atoms with Gasteiger partial charge in [-0.3, -0.25) is 4.99 Å². The summed E-state index contributed by atoms with van der Waals surface area (Å²) < 4.78 is 0. The van der Waals surface area contributed by atoms with Gasteiger partial charge in [0.2, 0.25) is 0 Å². The van der Waals surface area contributed by atoms with E-state index >= 15 is 0 Å². The minimum absolute atomic E-state index is 0.598. The molecule has 20 heavy (non-hydrogen) atoms. The number of amidine groups is 1. The molecule has 2 aromatic rings. The molecule has 0 spiro atoms. The first-order valence-corrected chi connectivity index (χ1v) is 7.41. The second kappa shape index (κ2) is 12.9. The Balaban J connectivity index is 0.000000377. The molecular weight excluding hydrogens is 339 g/mol. The van der Waals surface area contributed by atoms with Crippen LogP contribution in [-0.4, -0.2) is 24.2 Å². The molecule has 112 valence electrons. The van der Waals surface area contributed by atoms with Crippen molar-refractivity contribution < 1.29 is 15.1 Å². The van der Waals surface area contributed by atoms with E-state index in [1.54, 1.807) is 0 Å². The fraction of sp³-hybridized carbons (Fsp3) is 0.133. The largest absolute Gasteiger partial charge is 0.184 e. The van der Waals surface area contributed by atoms with Crippen LogP contribution in [0.15, 0.2) is 65.7 Å². The maximum atomic E-state index is 5.02. The average molecular weight is 355 g/mol. The van der Waals surface area contributed by atoms with Gasteiger partial charge in [-0.2, -0.15) is 36.4 Å². The summed E-state index contributed by atoms with van der Waals surface area (Å²) >= 11 is 8.68. The molecular formula is C15H16ClCuN2S-2. The quantitative estimate of drug-likeness (QED) is 0.253. The van der Waals surface area contributed by atoms with Crippen molar-refractivity contribution in [1.82, 2.24) is 4.90 Å². The number of aliphatic imine (C=N–C) groups is 1. The summed E-state index contributed by atoms with van der Waals surface area (Å²) in [5.41, 5.74) is 0.899. The van der Waals surface area contributed by atoms with Crippen molar-refractivity contribution in [3.63, 3.8) is 0 Å². The van der Waals surface area contributed by atoms with E-state index < -0.39 is 0 Å². The van der Waals surface area contributed by atoms with E-state index in [1.807, 2.05) is 79.7 Å². The first-order valence-electron chi connectivity index (χ1n) is 5.70. The van der Waals surface area contributed by atoms with Crippen molar-refractivity contribution in [2.45, 2.75) is 0 Å². The van der Waals surface area contributed by atoms with Crippen molar-refractivity contribution in [3.05, 3.63) is 66.7 Å². The molecule has 0 fully saturated rings. The van der Waals surface area contributed by atoms with Gasteiger partial charge in [-0.1, -0.05) is 18.2 Å². The van der Waals surface area contributed by atoms with Gasteiger partial charge in [-0.05, 0) is 17.3 Å². The number of para-hydroxylation sites is 1. The smallest absolute Gasteiger partial charge is 0.171 e. The third kappa shape index (κ3) is 9.82. The van der Waals surface area contributed by atoms with Gasteiger partial charge >= 0.3 is 25.2 Å². The Bertz CT molecular complexity index is 437. The minimum Gasteiger partial charge on any atom is -0.184 e. The van der Waals surface area contributed by atoms with Crippen LogP contribution in [0.5, 0.6) is 0 Å². The number of nitrogens with zero attached hydrogens (tertiary/aromatic N) is 2. The van der Waals surface area contributed by atoms with Gasteiger partial charge < -0.3 is 17.5 Å². The predicted octanol–water partition coefficient (Wildman–Crippen LogP) is 3.96. The van der Waals surface area contributed by atoms with Crippen molar-refractivity contribution in [2.24, 2.45) is 4.99 Å². The monoisotopic (exact) mass is 354 g/mol. The summed E-state index contributed by atoms with van der Waals surface area (Å²) in [5, 5.41) is 0.598. The second-order valence-electron chi connectivity index (χ2n) is 3.70. The van der Waals surface area contributed by atoms with Crippen LogP contribution in [0, 0.1) is 6.07 Å². The Labute approximate surface area is 139 Å². The number of benzene rings is 2. The Morgan fingerprint density at radius 3 is 1.90 bits per heavy atom. The molecule has 0 saturated heterocycles. The van der Waals surface area contributed by atoms with Gasteiger partial charge in [0.15, 0.2) is 0 Å². The number of rotatable bonds is 1. The van der Waals surface area contributed by atoms with E-state index in [9.17, 15) is 0 Å². The summed E-state index contributed by atoms with van der Waals surface area (Å²) in [6.45, 7) is 0. The number of halogens is 1. The molecule has 0 aliphatic rings. The van der Waals surface area contributed by atoms with Crippen LogP contribution in [0.4, 0.5) is 5.69 Å². The first-order chi connectivity index (χ1) is 9.70. The molecule has 0 amide bonds. The Kier molecular flexibility index (Phi) is 12.3. The molecule has 0 aliphatic carbocycles. The molecule has 0 aliphatic heterocycles. The van der Waals surface area contributed by atoms with E-state index in [2.05, 4.69) is 36.3 Å². The standard InChI is InChI=1S/C9H12N2S.C6H5.ClH.Cu/c1-11(2)9(12)10-8-6-4-3-5-7-8;1-2-4-6-5-3-1;;/h3-7H,1-2H3,(H,10,12);1-5H;1H;/q;-1;;+1/p-2. The van der Waals surface area contributed by atoms with Crippen molar-refractivity contribution >= 4 is 33.6 Å². The molecule has 2 nitrogen and oxygen atoms in total. The van der Waals surface area contributed by atoms with Gasteiger partial charge in [0.25, 0.3) is 0 Å². The molecule has 5 heteroatoms. The first kappa shape index (κ1) is 18.9. The van der Waals surface area contributed by atoms with Gasteiger partial charge in [0, 0.05) is 14.1 Å². The molecule has 0 N–H and O–H groups in total. The molecule has 0 bridgehead atoms. The zero-order valence-electron chi connectivity index (χ0n) is 11.3. The van der Waals surface area contributed by atoms with Gasteiger partial charge in [-0.25, -0.2) is 0 Å². The Morgan fingerprint density at radius 2 is 1.55 bits per heavy atom. The molecule has 0 radical (unpaired) electrons. The van der Waals surface area contributed by atoms with E-state index in [1.165, 1.54) is 0 Å². The van der Waals surface area contributed by atoms with Gasteiger partial charge in [0.05, 0.1) is 5.69 Å². The molecule has 0 saturated carbocycles. The summed E-state index contributed by atoms with van der Waals surface area (Å²) in [5.74, 6) is 0. The van der Waals surface area contributed by atoms with Crippen molar-refractivity contribution in [2.75, 3.05) is 14.1 Å². The summed E-state index contributed by atoms with van der Waals surface area (Å²) in [6.07, 6.45) is 0. The topological polar surface area (TPSA) is 15.6 Å². The van der Waals surface area contributed by atoms with Crippen LogP contribution in [0.1, 0.15) is 0 Å². The number of hydrogen-bond acceptors (Lipinski definition) is 2. The summed E-state index contributed by atoms with van der Waals surface area (Å²) in [6, 6.07) is 22.2. The SMILES string of the molecule is CN(C)C([S-])=Nc1ccccc1.[Cl][Cu].[c-]1ccccc1. The van der Waals surface area contributed by atoms with Crippen LogP contribution in [0.3, 0.4) is 0 Å². The molecule has 0 atom stereocenters. The third-order valence-electron chi connectivity index (χ3n) is 1.97. The fourth-order valence-corrected chi connectivity index (χ4v) is 1.16. The van der Waals surface area contributed by atoms with Crippen LogP contribution in [0.2, 0.25) is 0 Å². The van der Waals surface area contributed by atoms with E-state index in [0.29, 0.717) is 5.17 Å². The maximum Gasteiger partial charge on any atom is -0.171 e. The second-order valence-corrected chi connectivity index (χ2v) is 4.07. The minimum atomic E-state index is 0.598. The zero-order valence-corrected chi connectivity index (χ0v) is 13.8. The maximum absolute atomic E-state index is 5.02. The van der Waals surface area contributed by atoms with Gasteiger partial charge in [-0.15, -0.1) is 0 Å². The Morgan fingerprint density at radius 1 is 1.05 bits per heavy atom. The molecule has 0 unspecified atom stereocenters. The Hall–Kier alpha value is -1.06. The average Bonchev–Trinajstić information content (AvgIpc) is 2.52. The third-order valence-corrected chi connectivity index (χ3v) is 2.43. The van der Waals surface area contributed by atoms with Crippen molar-refractivity contribution in [3.8, 4) is 0 Å². The van der Waals surface area contributed by atoms with Crippen LogP contribution in [-0.2, 0) is 27.7 Å². The molecule has 2 aromatic carbocycles. The van der Waals surface area contributed by atoms with Gasteiger partial charge in [0.1, 0.15) is 0 Å². The normalized spacial score (nSPS) is 9.55. The number of hydrogen-bond donors (Lipinski definition) is 0. The summed E-state index contributed by atoms with van der Waals surface area (Å²) in [4.78, 5) is 6.02. The zero-order chi connectivity index (χ0) is 15.2. The summed E-state index contributed by atoms with van der Waals surface area (Å²) in [7, 11) is 7.97. The van der Waals surface area contributed by atoms with Crippen LogP contribution in [0.25, 0.3) is 0 Å². The molecule has 0 heterocycles. The van der Waals surface area contributed by atoms with Crippen LogP contribution < -0.4 is 0 Å². The van der Waals surface area contributed by atoms with Crippen LogP contribution >= 0.6 is 10.1 Å². The van der Waals surface area contributed by atoms with E-state index in [0.717, 1.165) is 5.69 Å². The molecule has 2 rings (SSSR count). The predicted molar refractivity (Wildman–Crippen MR) is 85.7 cm³/mol. The fourth-order valence-electron chi connectivity index (χ4n) is 1.05. The van der Waals surface area contributed by atoms with E-state index in [4.69, 9.17) is 12.6 Å².